The van der Waals surface area contributed by atoms with Gasteiger partial charge in [0.1, 0.15) is 5.82 Å². The van der Waals surface area contributed by atoms with E-state index >= 15 is 0 Å². The van der Waals surface area contributed by atoms with Crippen molar-refractivity contribution in [3.8, 4) is 22.6 Å². The van der Waals surface area contributed by atoms with Crippen molar-refractivity contribution in [3.63, 3.8) is 0 Å². The molecule has 0 saturated heterocycles. The normalized spacial score (nSPS) is 11.7. The van der Waals surface area contributed by atoms with Crippen LogP contribution in [0.4, 0.5) is 4.39 Å². The number of aromatic nitrogens is 3. The van der Waals surface area contributed by atoms with Crippen molar-refractivity contribution in [2.24, 2.45) is 0 Å². The van der Waals surface area contributed by atoms with Gasteiger partial charge in [-0.05, 0) is 70.2 Å². The highest BCUT2D eigenvalue weighted by Gasteiger charge is 2.22. The number of aliphatic hydroxyl groups excluding tert-OH is 1. The first-order valence-electron chi connectivity index (χ1n) is 9.45. The van der Waals surface area contributed by atoms with Crippen molar-refractivity contribution >= 4 is 5.91 Å². The van der Waals surface area contributed by atoms with Crippen molar-refractivity contribution < 1.29 is 14.3 Å². The van der Waals surface area contributed by atoms with Gasteiger partial charge < -0.3 is 10.4 Å². The second-order valence-corrected chi connectivity index (χ2v) is 7.88. The predicted octanol–water partition coefficient (Wildman–Crippen LogP) is 3.83. The molecule has 0 saturated carbocycles. The summed E-state index contributed by atoms with van der Waals surface area (Å²) in [4.78, 5) is 17.6. The Morgan fingerprint density at radius 3 is 2.45 bits per heavy atom. The molecule has 0 aliphatic heterocycles. The third-order valence-corrected chi connectivity index (χ3v) is 4.50. The number of rotatable bonds is 6. The molecule has 0 aliphatic rings. The first kappa shape index (κ1) is 20.7. The Bertz CT molecular complexity index is 1010. The molecule has 0 aliphatic carbocycles. The summed E-state index contributed by atoms with van der Waals surface area (Å²) < 4.78 is 15.2. The Hall–Kier alpha value is -3.06. The molecule has 0 unspecified atom stereocenters. The van der Waals surface area contributed by atoms with Crippen LogP contribution >= 0.6 is 0 Å². The molecular weight excluding hydrogens is 371 g/mol. The SMILES string of the molecule is CC(C)n1nccc1-c1cc(C(=O)NC(C)(C)CO)cc(-c2ccc(F)cc2)n1. The lowest BCUT2D eigenvalue weighted by atomic mass is 10.0. The lowest BCUT2D eigenvalue weighted by Crippen LogP contribution is -2.46. The number of carbonyl (C=O) groups is 1. The summed E-state index contributed by atoms with van der Waals surface area (Å²) in [5.41, 5.74) is 2.23. The molecule has 0 spiro atoms. The van der Waals surface area contributed by atoms with Gasteiger partial charge in [0.2, 0.25) is 0 Å². The molecule has 152 valence electrons. The molecule has 7 heteroatoms. The number of carbonyl (C=O) groups excluding carboxylic acids is 1. The topological polar surface area (TPSA) is 80.0 Å². The third kappa shape index (κ3) is 4.68. The number of amides is 1. The maximum absolute atomic E-state index is 13.4. The van der Waals surface area contributed by atoms with Gasteiger partial charge in [-0.25, -0.2) is 9.37 Å². The van der Waals surface area contributed by atoms with Crippen molar-refractivity contribution in [3.05, 3.63) is 60.0 Å². The van der Waals surface area contributed by atoms with E-state index in [0.717, 1.165) is 5.69 Å². The molecule has 1 aromatic carbocycles. The van der Waals surface area contributed by atoms with Gasteiger partial charge in [0.15, 0.2) is 0 Å². The van der Waals surface area contributed by atoms with Crippen LogP contribution in [-0.2, 0) is 0 Å². The molecule has 0 bridgehead atoms. The summed E-state index contributed by atoms with van der Waals surface area (Å²) in [6.07, 6.45) is 1.69. The average Bonchev–Trinajstić information content (AvgIpc) is 3.18. The molecule has 2 N–H and O–H groups in total. The minimum absolute atomic E-state index is 0.113. The molecule has 29 heavy (non-hydrogen) atoms. The smallest absolute Gasteiger partial charge is 0.251 e. The van der Waals surface area contributed by atoms with Crippen molar-refractivity contribution in [1.82, 2.24) is 20.1 Å². The van der Waals surface area contributed by atoms with Gasteiger partial charge in [0.05, 0.1) is 29.2 Å². The van der Waals surface area contributed by atoms with Crippen LogP contribution in [0.1, 0.15) is 44.1 Å². The highest BCUT2D eigenvalue weighted by molar-refractivity contribution is 5.96. The summed E-state index contributed by atoms with van der Waals surface area (Å²) in [6, 6.07) is 11.3. The van der Waals surface area contributed by atoms with E-state index in [0.29, 0.717) is 22.5 Å². The second kappa shape index (κ2) is 8.13. The molecule has 0 radical (unpaired) electrons. The first-order chi connectivity index (χ1) is 13.7. The van der Waals surface area contributed by atoms with Gasteiger partial charge in [-0.1, -0.05) is 0 Å². The summed E-state index contributed by atoms with van der Waals surface area (Å²) in [7, 11) is 0. The van der Waals surface area contributed by atoms with E-state index in [9.17, 15) is 14.3 Å². The number of aliphatic hydroxyl groups is 1. The number of nitrogens with zero attached hydrogens (tertiary/aromatic N) is 3. The molecule has 3 rings (SSSR count). The number of halogens is 1. The largest absolute Gasteiger partial charge is 0.394 e. The van der Waals surface area contributed by atoms with Gasteiger partial charge in [-0.15, -0.1) is 0 Å². The Kier molecular flexibility index (Phi) is 5.79. The van der Waals surface area contributed by atoms with Crippen LogP contribution in [0.2, 0.25) is 0 Å². The van der Waals surface area contributed by atoms with Crippen LogP contribution in [0.15, 0.2) is 48.7 Å². The Morgan fingerprint density at radius 1 is 1.17 bits per heavy atom. The standard InChI is InChI=1S/C22H25FN4O2/c1-14(2)27-20(9-10-24-27)19-12-16(21(29)26-22(3,4)13-28)11-18(25-19)15-5-7-17(23)8-6-15/h5-12,14,28H,13H2,1-4H3,(H,26,29). The highest BCUT2D eigenvalue weighted by atomic mass is 19.1. The van der Waals surface area contributed by atoms with Crippen molar-refractivity contribution in [2.75, 3.05) is 6.61 Å². The van der Waals surface area contributed by atoms with Gasteiger partial charge in [-0.3, -0.25) is 9.48 Å². The summed E-state index contributed by atoms with van der Waals surface area (Å²) in [5.74, 6) is -0.669. The fourth-order valence-electron chi connectivity index (χ4n) is 2.91. The van der Waals surface area contributed by atoms with E-state index in [4.69, 9.17) is 4.98 Å². The minimum atomic E-state index is -0.768. The summed E-state index contributed by atoms with van der Waals surface area (Å²) in [5, 5.41) is 16.6. The van der Waals surface area contributed by atoms with Gasteiger partial charge in [0.25, 0.3) is 5.91 Å². The second-order valence-electron chi connectivity index (χ2n) is 7.88. The van der Waals surface area contributed by atoms with E-state index in [1.54, 1.807) is 44.3 Å². The zero-order chi connectivity index (χ0) is 21.2. The van der Waals surface area contributed by atoms with Crippen molar-refractivity contribution in [1.29, 1.82) is 0 Å². The third-order valence-electron chi connectivity index (χ3n) is 4.50. The molecule has 0 fully saturated rings. The number of hydrogen-bond donors (Lipinski definition) is 2. The number of nitrogens with one attached hydrogen (secondary N) is 1. The number of benzene rings is 1. The van der Waals surface area contributed by atoms with Crippen LogP contribution < -0.4 is 5.32 Å². The Morgan fingerprint density at radius 2 is 1.83 bits per heavy atom. The summed E-state index contributed by atoms with van der Waals surface area (Å²) in [6.45, 7) is 7.31. The zero-order valence-electron chi connectivity index (χ0n) is 17.0. The Labute approximate surface area is 169 Å². The lowest BCUT2D eigenvalue weighted by molar-refractivity contribution is 0.0869. The fraction of sp³-hybridized carbons (Fsp3) is 0.318. The van der Waals surface area contributed by atoms with Crippen LogP contribution in [0.25, 0.3) is 22.6 Å². The Balaban J connectivity index is 2.13. The molecular formula is C22H25FN4O2. The molecule has 6 nitrogen and oxygen atoms in total. The minimum Gasteiger partial charge on any atom is -0.394 e. The lowest BCUT2D eigenvalue weighted by Gasteiger charge is -2.23. The highest BCUT2D eigenvalue weighted by Crippen LogP contribution is 2.26. The van der Waals surface area contributed by atoms with Crippen LogP contribution in [0, 0.1) is 5.82 Å². The van der Waals surface area contributed by atoms with Crippen LogP contribution in [-0.4, -0.2) is 37.9 Å². The van der Waals surface area contributed by atoms with Gasteiger partial charge in [-0.2, -0.15) is 5.10 Å². The van der Waals surface area contributed by atoms with E-state index in [1.165, 1.54) is 12.1 Å². The molecule has 1 amide bonds. The van der Waals surface area contributed by atoms with Crippen LogP contribution in [0.3, 0.4) is 0 Å². The molecule has 2 aromatic heterocycles. The number of hydrogen-bond acceptors (Lipinski definition) is 4. The van der Waals surface area contributed by atoms with Gasteiger partial charge >= 0.3 is 0 Å². The zero-order valence-corrected chi connectivity index (χ0v) is 17.0. The first-order valence-corrected chi connectivity index (χ1v) is 9.45. The molecule has 2 heterocycles. The summed E-state index contributed by atoms with van der Waals surface area (Å²) >= 11 is 0. The van der Waals surface area contributed by atoms with E-state index < -0.39 is 5.54 Å². The van der Waals surface area contributed by atoms with Crippen molar-refractivity contribution in [2.45, 2.75) is 39.3 Å². The number of pyridine rings is 1. The maximum Gasteiger partial charge on any atom is 0.251 e. The molecule has 0 atom stereocenters. The van der Waals surface area contributed by atoms with E-state index in [1.807, 2.05) is 24.6 Å². The maximum atomic E-state index is 13.4. The monoisotopic (exact) mass is 396 g/mol. The van der Waals surface area contributed by atoms with E-state index in [2.05, 4.69) is 10.4 Å². The molecule has 3 aromatic rings. The van der Waals surface area contributed by atoms with E-state index in [-0.39, 0.29) is 24.4 Å². The average molecular weight is 396 g/mol. The fourth-order valence-corrected chi connectivity index (χ4v) is 2.91. The quantitative estimate of drug-likeness (QED) is 0.664. The van der Waals surface area contributed by atoms with Gasteiger partial charge in [0, 0.05) is 23.4 Å². The van der Waals surface area contributed by atoms with Crippen LogP contribution in [0.5, 0.6) is 0 Å². The predicted molar refractivity (Wildman–Crippen MR) is 110 cm³/mol.